The van der Waals surface area contributed by atoms with E-state index in [0.29, 0.717) is 6.04 Å². The summed E-state index contributed by atoms with van der Waals surface area (Å²) in [6, 6.07) is 15.3. The number of aryl methyl sites for hydroxylation is 1. The molecule has 0 amide bonds. The number of nitrogens with one attached hydrogen (secondary N) is 1. The predicted octanol–water partition coefficient (Wildman–Crippen LogP) is 4.52. The van der Waals surface area contributed by atoms with Crippen LogP contribution in [0.15, 0.2) is 53.1 Å². The van der Waals surface area contributed by atoms with E-state index in [1.54, 1.807) is 0 Å². The summed E-state index contributed by atoms with van der Waals surface area (Å²) in [5.41, 5.74) is 2.54. The molecule has 2 nitrogen and oxygen atoms in total. The number of rotatable bonds is 7. The average molecular weight is 333 g/mol. The second kappa shape index (κ2) is 8.18. The Morgan fingerprint density at radius 2 is 1.95 bits per heavy atom. The Hall–Kier alpha value is -1.19. The number of hydrogen-bond donors (Lipinski definition) is 1. The fraction of sp³-hybridized carbons (Fsp3) is 0.353. The van der Waals surface area contributed by atoms with Crippen LogP contribution in [0.25, 0.3) is 0 Å². The summed E-state index contributed by atoms with van der Waals surface area (Å²) in [4.78, 5) is 4.43. The molecule has 106 valence electrons. The Balaban J connectivity index is 1.88. The molecule has 0 bridgehead atoms. The number of aromatic nitrogens is 1. The second-order valence-electron chi connectivity index (χ2n) is 4.88. The highest BCUT2D eigenvalue weighted by atomic mass is 79.9. The van der Waals surface area contributed by atoms with Crippen molar-refractivity contribution < 1.29 is 0 Å². The maximum atomic E-state index is 4.43. The van der Waals surface area contributed by atoms with Crippen LogP contribution in [0.2, 0.25) is 0 Å². The normalized spacial score (nSPS) is 12.3. The highest BCUT2D eigenvalue weighted by molar-refractivity contribution is 9.10. The summed E-state index contributed by atoms with van der Waals surface area (Å²) in [6.45, 7) is 3.16. The molecule has 2 aromatic rings. The molecule has 1 heterocycles. The van der Waals surface area contributed by atoms with Crippen molar-refractivity contribution in [2.24, 2.45) is 0 Å². The summed E-state index contributed by atoms with van der Waals surface area (Å²) in [7, 11) is 0. The standard InChI is InChI=1S/C17H21BrN2/c1-2-19-17(14-7-4-3-5-8-14)10-6-9-16-12-11-15(18)13-20-16/h3-5,7-8,11-13,17,19H,2,6,9-10H2,1H3. The molecule has 0 spiro atoms. The average Bonchev–Trinajstić information content (AvgIpc) is 2.49. The summed E-state index contributed by atoms with van der Waals surface area (Å²) < 4.78 is 1.04. The maximum Gasteiger partial charge on any atom is 0.0413 e. The molecule has 1 aromatic carbocycles. The fourth-order valence-corrected chi connectivity index (χ4v) is 2.59. The van der Waals surface area contributed by atoms with Crippen molar-refractivity contribution >= 4 is 15.9 Å². The monoisotopic (exact) mass is 332 g/mol. The van der Waals surface area contributed by atoms with Gasteiger partial charge in [-0.2, -0.15) is 0 Å². The highest BCUT2D eigenvalue weighted by Gasteiger charge is 2.09. The van der Waals surface area contributed by atoms with E-state index < -0.39 is 0 Å². The van der Waals surface area contributed by atoms with E-state index in [2.05, 4.69) is 75.6 Å². The van der Waals surface area contributed by atoms with Gasteiger partial charge in [-0.05, 0) is 59.4 Å². The lowest BCUT2D eigenvalue weighted by molar-refractivity contribution is 0.496. The summed E-state index contributed by atoms with van der Waals surface area (Å²) >= 11 is 3.42. The Morgan fingerprint density at radius 3 is 2.60 bits per heavy atom. The molecule has 0 aliphatic carbocycles. The van der Waals surface area contributed by atoms with Crippen molar-refractivity contribution in [1.29, 1.82) is 0 Å². The molecule has 0 radical (unpaired) electrons. The Bertz CT molecular complexity index is 496. The zero-order valence-electron chi connectivity index (χ0n) is 11.8. The van der Waals surface area contributed by atoms with Gasteiger partial charge in [0, 0.05) is 22.4 Å². The zero-order chi connectivity index (χ0) is 14.2. The van der Waals surface area contributed by atoms with Crippen LogP contribution >= 0.6 is 15.9 Å². The van der Waals surface area contributed by atoms with E-state index in [0.717, 1.165) is 36.0 Å². The lowest BCUT2D eigenvalue weighted by Gasteiger charge is -2.18. The van der Waals surface area contributed by atoms with Gasteiger partial charge < -0.3 is 5.32 Å². The van der Waals surface area contributed by atoms with Gasteiger partial charge in [0.05, 0.1) is 0 Å². The molecule has 0 saturated carbocycles. The molecule has 1 N–H and O–H groups in total. The van der Waals surface area contributed by atoms with Gasteiger partial charge in [-0.3, -0.25) is 4.98 Å². The summed E-state index contributed by atoms with van der Waals surface area (Å²) in [5.74, 6) is 0. The smallest absolute Gasteiger partial charge is 0.0413 e. The third-order valence-electron chi connectivity index (χ3n) is 3.37. The van der Waals surface area contributed by atoms with Crippen LogP contribution in [0.4, 0.5) is 0 Å². The first kappa shape index (κ1) is 15.2. The minimum Gasteiger partial charge on any atom is -0.310 e. The van der Waals surface area contributed by atoms with Crippen molar-refractivity contribution in [3.05, 3.63) is 64.4 Å². The molecule has 0 fully saturated rings. The maximum absolute atomic E-state index is 4.43. The molecule has 1 aromatic heterocycles. The molecule has 2 rings (SSSR count). The summed E-state index contributed by atoms with van der Waals surface area (Å²) in [5, 5.41) is 3.57. The van der Waals surface area contributed by atoms with Gasteiger partial charge >= 0.3 is 0 Å². The van der Waals surface area contributed by atoms with Crippen LogP contribution in [0.1, 0.15) is 37.1 Å². The minimum absolute atomic E-state index is 0.441. The second-order valence-corrected chi connectivity index (χ2v) is 5.80. The van der Waals surface area contributed by atoms with Crippen LogP contribution in [-0.2, 0) is 6.42 Å². The number of benzene rings is 1. The molecule has 1 atom stereocenters. The van der Waals surface area contributed by atoms with Crippen LogP contribution in [0, 0.1) is 0 Å². The molecule has 1 unspecified atom stereocenters. The predicted molar refractivity (Wildman–Crippen MR) is 87.7 cm³/mol. The van der Waals surface area contributed by atoms with Crippen molar-refractivity contribution in [3.63, 3.8) is 0 Å². The van der Waals surface area contributed by atoms with Gasteiger partial charge in [-0.1, -0.05) is 37.3 Å². The van der Waals surface area contributed by atoms with E-state index >= 15 is 0 Å². The Morgan fingerprint density at radius 1 is 1.15 bits per heavy atom. The zero-order valence-corrected chi connectivity index (χ0v) is 13.4. The first-order valence-corrected chi connectivity index (χ1v) is 7.97. The quantitative estimate of drug-likeness (QED) is 0.806. The van der Waals surface area contributed by atoms with E-state index in [4.69, 9.17) is 0 Å². The SMILES string of the molecule is CCNC(CCCc1ccc(Br)cn1)c1ccccc1. The van der Waals surface area contributed by atoms with Crippen molar-refractivity contribution in [2.45, 2.75) is 32.2 Å². The number of hydrogen-bond acceptors (Lipinski definition) is 2. The number of nitrogens with zero attached hydrogens (tertiary/aromatic N) is 1. The van der Waals surface area contributed by atoms with Gasteiger partial charge in [-0.15, -0.1) is 0 Å². The molecular weight excluding hydrogens is 312 g/mol. The third kappa shape index (κ3) is 4.73. The van der Waals surface area contributed by atoms with Gasteiger partial charge in [0.1, 0.15) is 0 Å². The van der Waals surface area contributed by atoms with Crippen molar-refractivity contribution in [3.8, 4) is 0 Å². The minimum atomic E-state index is 0.441. The van der Waals surface area contributed by atoms with Crippen LogP contribution < -0.4 is 5.32 Å². The van der Waals surface area contributed by atoms with Gasteiger partial charge in [0.25, 0.3) is 0 Å². The van der Waals surface area contributed by atoms with E-state index in [1.807, 2.05) is 6.20 Å². The Kier molecular flexibility index (Phi) is 6.22. The largest absolute Gasteiger partial charge is 0.310 e. The van der Waals surface area contributed by atoms with E-state index in [9.17, 15) is 0 Å². The van der Waals surface area contributed by atoms with Crippen LogP contribution in [0.5, 0.6) is 0 Å². The first-order chi connectivity index (χ1) is 9.79. The lowest BCUT2D eigenvalue weighted by atomic mass is 10.0. The van der Waals surface area contributed by atoms with Gasteiger partial charge in [-0.25, -0.2) is 0 Å². The van der Waals surface area contributed by atoms with Gasteiger partial charge in [0.15, 0.2) is 0 Å². The fourth-order valence-electron chi connectivity index (χ4n) is 2.36. The topological polar surface area (TPSA) is 24.9 Å². The van der Waals surface area contributed by atoms with E-state index in [1.165, 1.54) is 5.56 Å². The summed E-state index contributed by atoms with van der Waals surface area (Å²) in [6.07, 6.45) is 5.17. The van der Waals surface area contributed by atoms with Crippen LogP contribution in [0.3, 0.4) is 0 Å². The molecule has 20 heavy (non-hydrogen) atoms. The first-order valence-electron chi connectivity index (χ1n) is 7.18. The molecular formula is C17H21BrN2. The molecule has 3 heteroatoms. The molecule has 0 aliphatic rings. The Labute approximate surface area is 129 Å². The van der Waals surface area contributed by atoms with Gasteiger partial charge in [0.2, 0.25) is 0 Å². The highest BCUT2D eigenvalue weighted by Crippen LogP contribution is 2.19. The number of halogens is 1. The van der Waals surface area contributed by atoms with Crippen molar-refractivity contribution in [2.75, 3.05) is 6.54 Å². The number of pyridine rings is 1. The third-order valence-corrected chi connectivity index (χ3v) is 3.84. The van der Waals surface area contributed by atoms with Crippen molar-refractivity contribution in [1.82, 2.24) is 10.3 Å². The molecule has 0 aliphatic heterocycles. The molecule has 0 saturated heterocycles. The lowest BCUT2D eigenvalue weighted by Crippen LogP contribution is -2.21. The van der Waals surface area contributed by atoms with E-state index in [-0.39, 0.29) is 0 Å². The van der Waals surface area contributed by atoms with Crippen LogP contribution in [-0.4, -0.2) is 11.5 Å².